The average molecular weight is 320 g/mol. The van der Waals surface area contributed by atoms with E-state index in [0.29, 0.717) is 0 Å². The molecule has 0 bridgehead atoms. The van der Waals surface area contributed by atoms with Gasteiger partial charge >= 0.3 is 0 Å². The lowest BCUT2D eigenvalue weighted by Crippen LogP contribution is -2.41. The van der Waals surface area contributed by atoms with Gasteiger partial charge in [-0.15, -0.1) is 0 Å². The van der Waals surface area contributed by atoms with Gasteiger partial charge < -0.3 is 10.3 Å². The monoisotopic (exact) mass is 319 g/mol. The Hall–Kier alpha value is -1.13. The van der Waals surface area contributed by atoms with Crippen LogP contribution in [0.15, 0.2) is 35.1 Å². The summed E-state index contributed by atoms with van der Waals surface area (Å²) < 4.78 is 3.19. The van der Waals surface area contributed by atoms with Crippen molar-refractivity contribution in [2.45, 2.75) is 31.6 Å². The largest absolute Gasteiger partial charge is 0.330 e. The summed E-state index contributed by atoms with van der Waals surface area (Å²) in [6.07, 6.45) is 7.51. The third-order valence-electron chi connectivity index (χ3n) is 4.35. The third kappa shape index (κ3) is 2.03. The molecule has 0 spiro atoms. The number of benzene rings is 1. The van der Waals surface area contributed by atoms with E-state index < -0.39 is 0 Å². The quantitative estimate of drug-likeness (QED) is 0.943. The predicted octanol–water partition coefficient (Wildman–Crippen LogP) is 3.32. The minimum atomic E-state index is 0.213. The highest BCUT2D eigenvalue weighted by Crippen LogP contribution is 2.44. The Bertz CT molecular complexity index is 594. The lowest BCUT2D eigenvalue weighted by molar-refractivity contribution is 0.253. The van der Waals surface area contributed by atoms with Crippen molar-refractivity contribution < 1.29 is 0 Å². The van der Waals surface area contributed by atoms with Crippen LogP contribution in [0.25, 0.3) is 5.69 Å². The summed E-state index contributed by atoms with van der Waals surface area (Å²) in [5, 5.41) is 0. The summed E-state index contributed by atoms with van der Waals surface area (Å²) in [6.45, 7) is 2.75. The summed E-state index contributed by atoms with van der Waals surface area (Å²) in [6, 6.07) is 6.59. The van der Waals surface area contributed by atoms with Crippen LogP contribution >= 0.6 is 15.9 Å². The number of hydrogen-bond donors (Lipinski definition) is 1. The van der Waals surface area contributed by atoms with Crippen LogP contribution in [-0.2, 0) is 5.41 Å². The zero-order valence-corrected chi connectivity index (χ0v) is 12.7. The van der Waals surface area contributed by atoms with Crippen molar-refractivity contribution in [2.24, 2.45) is 5.73 Å². The van der Waals surface area contributed by atoms with E-state index in [1.165, 1.54) is 24.8 Å². The van der Waals surface area contributed by atoms with Gasteiger partial charge in [0.25, 0.3) is 0 Å². The van der Waals surface area contributed by atoms with E-state index in [0.717, 1.165) is 22.5 Å². The molecule has 1 aliphatic carbocycles. The van der Waals surface area contributed by atoms with Gasteiger partial charge in [0.1, 0.15) is 5.82 Å². The normalized spacial score (nSPS) is 17.2. The number of nitrogens with zero attached hydrogens (tertiary/aromatic N) is 2. The fourth-order valence-electron chi connectivity index (χ4n) is 2.88. The Morgan fingerprint density at radius 3 is 2.68 bits per heavy atom. The molecule has 1 saturated carbocycles. The summed E-state index contributed by atoms with van der Waals surface area (Å²) in [5.74, 6) is 0.991. The lowest BCUT2D eigenvalue weighted by Gasteiger charge is -2.41. The Morgan fingerprint density at radius 1 is 1.42 bits per heavy atom. The van der Waals surface area contributed by atoms with Crippen LogP contribution in [0, 0.1) is 6.92 Å². The van der Waals surface area contributed by atoms with Crippen molar-refractivity contribution in [1.29, 1.82) is 0 Å². The van der Waals surface area contributed by atoms with Crippen molar-refractivity contribution in [2.75, 3.05) is 6.54 Å². The second-order valence-corrected chi connectivity index (χ2v) is 6.20. The van der Waals surface area contributed by atoms with Crippen molar-refractivity contribution in [3.05, 3.63) is 46.5 Å². The zero-order chi connectivity index (χ0) is 13.5. The predicted molar refractivity (Wildman–Crippen MR) is 80.6 cm³/mol. The van der Waals surface area contributed by atoms with E-state index in [1.807, 2.05) is 19.3 Å². The van der Waals surface area contributed by atoms with Crippen LogP contribution in [0.1, 0.15) is 30.7 Å². The number of halogens is 1. The van der Waals surface area contributed by atoms with Crippen molar-refractivity contribution in [1.82, 2.24) is 9.55 Å². The van der Waals surface area contributed by atoms with Crippen LogP contribution in [0.2, 0.25) is 0 Å². The highest BCUT2D eigenvalue weighted by molar-refractivity contribution is 9.10. The third-order valence-corrected chi connectivity index (χ3v) is 4.98. The van der Waals surface area contributed by atoms with E-state index in [1.54, 1.807) is 0 Å². The molecular formula is C15H18BrN3. The Morgan fingerprint density at radius 2 is 2.21 bits per heavy atom. The fraction of sp³-hybridized carbons (Fsp3) is 0.400. The number of imidazole rings is 1. The molecule has 0 unspecified atom stereocenters. The summed E-state index contributed by atoms with van der Waals surface area (Å²) in [7, 11) is 0. The van der Waals surface area contributed by atoms with Gasteiger partial charge in [-0.25, -0.2) is 4.98 Å². The van der Waals surface area contributed by atoms with Crippen molar-refractivity contribution in [3.63, 3.8) is 0 Å². The summed E-state index contributed by atoms with van der Waals surface area (Å²) in [4.78, 5) is 4.27. The maximum Gasteiger partial charge on any atom is 0.110 e. The first-order valence-electron chi connectivity index (χ1n) is 6.67. The Kier molecular flexibility index (Phi) is 3.23. The van der Waals surface area contributed by atoms with Gasteiger partial charge in [-0.3, -0.25) is 0 Å². The molecule has 100 valence electrons. The van der Waals surface area contributed by atoms with Gasteiger partial charge in [0.15, 0.2) is 0 Å². The van der Waals surface area contributed by atoms with Gasteiger partial charge in [0.05, 0.1) is 5.69 Å². The Balaban J connectivity index is 2.01. The highest BCUT2D eigenvalue weighted by Gasteiger charge is 2.37. The maximum absolute atomic E-state index is 5.98. The van der Waals surface area contributed by atoms with Gasteiger partial charge in [0.2, 0.25) is 0 Å². The first-order chi connectivity index (χ1) is 9.16. The van der Waals surface area contributed by atoms with Crippen molar-refractivity contribution in [3.8, 4) is 5.69 Å². The maximum atomic E-state index is 5.98. The minimum Gasteiger partial charge on any atom is -0.330 e. The standard InChI is InChI=1S/C15H18BrN3/c1-11-18-7-8-19(11)14-4-3-12(9-13(14)16)15(10-17)5-2-6-15/h3-4,7-9H,2,5-6,10,17H2,1H3. The molecule has 1 aromatic carbocycles. The van der Waals surface area contributed by atoms with Gasteiger partial charge in [-0.1, -0.05) is 12.5 Å². The van der Waals surface area contributed by atoms with E-state index in [4.69, 9.17) is 5.73 Å². The first kappa shape index (κ1) is 12.9. The lowest BCUT2D eigenvalue weighted by atomic mass is 9.64. The highest BCUT2D eigenvalue weighted by atomic mass is 79.9. The van der Waals surface area contributed by atoms with Gasteiger partial charge in [-0.05, 0) is 53.4 Å². The molecule has 2 N–H and O–H groups in total. The van der Waals surface area contributed by atoms with Crippen LogP contribution in [0.3, 0.4) is 0 Å². The van der Waals surface area contributed by atoms with Gasteiger partial charge in [-0.2, -0.15) is 0 Å². The number of nitrogens with two attached hydrogens (primary N) is 1. The van der Waals surface area contributed by atoms with E-state index in [2.05, 4.69) is 43.7 Å². The van der Waals surface area contributed by atoms with Gasteiger partial charge in [0, 0.05) is 28.8 Å². The molecule has 1 heterocycles. The van der Waals surface area contributed by atoms with Crippen LogP contribution < -0.4 is 5.73 Å². The average Bonchev–Trinajstić information content (AvgIpc) is 2.75. The van der Waals surface area contributed by atoms with Crippen molar-refractivity contribution >= 4 is 15.9 Å². The molecule has 0 saturated heterocycles. The molecule has 3 rings (SSSR count). The van der Waals surface area contributed by atoms with Crippen LogP contribution in [0.5, 0.6) is 0 Å². The number of aromatic nitrogens is 2. The molecule has 19 heavy (non-hydrogen) atoms. The molecule has 1 aliphatic rings. The fourth-order valence-corrected chi connectivity index (χ4v) is 3.45. The van der Waals surface area contributed by atoms with E-state index in [9.17, 15) is 0 Å². The van der Waals surface area contributed by atoms with Crippen LogP contribution in [0.4, 0.5) is 0 Å². The topological polar surface area (TPSA) is 43.8 Å². The molecule has 0 amide bonds. The Labute approximate surface area is 122 Å². The molecule has 0 aliphatic heterocycles. The molecule has 1 aromatic heterocycles. The molecule has 1 fully saturated rings. The second kappa shape index (κ2) is 4.76. The molecule has 4 heteroatoms. The first-order valence-corrected chi connectivity index (χ1v) is 7.46. The van der Waals surface area contributed by atoms with Crippen LogP contribution in [-0.4, -0.2) is 16.1 Å². The molecule has 3 nitrogen and oxygen atoms in total. The SMILES string of the molecule is Cc1nccn1-c1ccc(C2(CN)CCC2)cc1Br. The van der Waals surface area contributed by atoms with E-state index in [-0.39, 0.29) is 5.41 Å². The summed E-state index contributed by atoms with van der Waals surface area (Å²) in [5.41, 5.74) is 8.68. The zero-order valence-electron chi connectivity index (χ0n) is 11.1. The number of aryl methyl sites for hydroxylation is 1. The molecular weight excluding hydrogens is 302 g/mol. The number of rotatable bonds is 3. The molecule has 0 atom stereocenters. The smallest absolute Gasteiger partial charge is 0.110 e. The summed E-state index contributed by atoms with van der Waals surface area (Å²) >= 11 is 3.69. The second-order valence-electron chi connectivity index (χ2n) is 5.35. The van der Waals surface area contributed by atoms with E-state index >= 15 is 0 Å². The minimum absolute atomic E-state index is 0.213. The molecule has 0 radical (unpaired) electrons. The molecule has 2 aromatic rings. The number of hydrogen-bond acceptors (Lipinski definition) is 2.